The third kappa shape index (κ3) is 8.00. The molecule has 0 spiro atoms. The summed E-state index contributed by atoms with van der Waals surface area (Å²) in [6, 6.07) is 15.0. The number of ether oxygens (including phenoxy) is 2. The summed E-state index contributed by atoms with van der Waals surface area (Å²) in [4.78, 5) is 26.2. The Bertz CT molecular complexity index is 1500. The highest BCUT2D eigenvalue weighted by Gasteiger charge is 2.40. The summed E-state index contributed by atoms with van der Waals surface area (Å²) in [7, 11) is -2.02. The van der Waals surface area contributed by atoms with Crippen LogP contribution >= 0.6 is 0 Å². The zero-order valence-corrected chi connectivity index (χ0v) is 30.4. The van der Waals surface area contributed by atoms with Gasteiger partial charge in [0.1, 0.15) is 5.82 Å². The van der Waals surface area contributed by atoms with E-state index in [0.717, 1.165) is 51.4 Å². The Morgan fingerprint density at radius 3 is 2.45 bits per heavy atom. The number of nitrogens with zero attached hydrogens (tertiary/aromatic N) is 3. The Kier molecular flexibility index (Phi) is 11.3. The number of carbonyl (C=O) groups excluding carboxylic acids is 1. The first-order chi connectivity index (χ1) is 22.5. The quantitative estimate of drug-likeness (QED) is 0.146. The number of rotatable bonds is 13. The summed E-state index contributed by atoms with van der Waals surface area (Å²) in [6.07, 6.45) is 7.98. The number of unbranched alkanes of at least 4 members (excludes halogenated alkanes) is 1. The third-order valence-corrected chi connectivity index (χ3v) is 15.3. The van der Waals surface area contributed by atoms with Crippen LogP contribution in [-0.4, -0.2) is 73.2 Å². The van der Waals surface area contributed by atoms with Gasteiger partial charge in [0.05, 0.1) is 13.2 Å². The van der Waals surface area contributed by atoms with Gasteiger partial charge in [0.2, 0.25) is 5.75 Å². The zero-order chi connectivity index (χ0) is 33.7. The number of fused-ring (bicyclic) bond motifs is 1. The molecular formula is C38H55N3O5Si. The number of hydrogen-bond acceptors (Lipinski definition) is 7. The standard InChI is InChI=1S/C38H55N3O5Si/c1-7-8-23-45-34-33(36(43)41(29-18-24-44-25-19-29)22-26-46-47(5,6)37(2,3)4)39-32(40-35(34)42)27-38(20-11-12-21-38)31-17-13-15-28-14-9-10-16-30(28)31/h9-10,13-17,29H,7-8,11-12,18-27H2,1-6H3,(H,39,40,42). The number of benzene rings is 2. The number of carbonyl (C=O) groups is 1. The molecule has 0 radical (unpaired) electrons. The molecule has 256 valence electrons. The van der Waals surface area contributed by atoms with Gasteiger partial charge in [-0.15, -0.1) is 0 Å². The molecule has 0 bridgehead atoms. The molecule has 1 saturated heterocycles. The van der Waals surface area contributed by atoms with E-state index in [9.17, 15) is 9.90 Å². The van der Waals surface area contributed by atoms with Crippen LogP contribution in [0.3, 0.4) is 0 Å². The molecule has 1 amide bonds. The molecule has 1 N–H and O–H groups in total. The highest BCUT2D eigenvalue weighted by Crippen LogP contribution is 2.46. The van der Waals surface area contributed by atoms with E-state index < -0.39 is 8.32 Å². The maximum atomic E-state index is 14.7. The Hall–Kier alpha value is -3.01. The lowest BCUT2D eigenvalue weighted by Gasteiger charge is -2.38. The fourth-order valence-electron chi connectivity index (χ4n) is 6.94. The fourth-order valence-corrected chi connectivity index (χ4v) is 7.98. The van der Waals surface area contributed by atoms with Crippen LogP contribution < -0.4 is 4.74 Å². The first-order valence-electron chi connectivity index (χ1n) is 17.7. The van der Waals surface area contributed by atoms with Gasteiger partial charge in [-0.1, -0.05) is 89.4 Å². The van der Waals surface area contributed by atoms with Crippen LogP contribution in [0.15, 0.2) is 42.5 Å². The monoisotopic (exact) mass is 661 g/mol. The van der Waals surface area contributed by atoms with Gasteiger partial charge in [-0.05, 0) is 66.6 Å². The molecule has 3 aromatic rings. The van der Waals surface area contributed by atoms with Gasteiger partial charge in [-0.2, -0.15) is 4.98 Å². The van der Waals surface area contributed by atoms with Crippen molar-refractivity contribution in [1.29, 1.82) is 0 Å². The second-order valence-electron chi connectivity index (χ2n) is 15.0. The number of aromatic nitrogens is 2. The largest absolute Gasteiger partial charge is 0.491 e. The molecule has 8 nitrogen and oxygen atoms in total. The molecule has 9 heteroatoms. The third-order valence-electron chi connectivity index (χ3n) is 10.8. The van der Waals surface area contributed by atoms with E-state index in [1.165, 1.54) is 16.3 Å². The van der Waals surface area contributed by atoms with Crippen molar-refractivity contribution in [3.8, 4) is 11.6 Å². The van der Waals surface area contributed by atoms with Gasteiger partial charge >= 0.3 is 0 Å². The Balaban J connectivity index is 1.52. The van der Waals surface area contributed by atoms with Crippen LogP contribution in [-0.2, 0) is 21.0 Å². The van der Waals surface area contributed by atoms with E-state index in [-0.39, 0.29) is 39.7 Å². The average Bonchev–Trinajstić information content (AvgIpc) is 3.52. The molecule has 2 aromatic carbocycles. The molecule has 0 unspecified atom stereocenters. The molecule has 47 heavy (non-hydrogen) atoms. The molecule has 1 aromatic heterocycles. The smallest absolute Gasteiger partial charge is 0.276 e. The predicted molar refractivity (Wildman–Crippen MR) is 190 cm³/mol. The van der Waals surface area contributed by atoms with Crippen LogP contribution in [0.4, 0.5) is 0 Å². The van der Waals surface area contributed by atoms with Crippen molar-refractivity contribution in [2.45, 2.75) is 115 Å². The average molecular weight is 662 g/mol. The van der Waals surface area contributed by atoms with Crippen LogP contribution in [0.2, 0.25) is 18.1 Å². The van der Waals surface area contributed by atoms with Crippen molar-refractivity contribution >= 4 is 25.0 Å². The molecule has 1 aliphatic carbocycles. The predicted octanol–water partition coefficient (Wildman–Crippen LogP) is 8.21. The lowest BCUT2D eigenvalue weighted by molar-refractivity contribution is 0.0244. The van der Waals surface area contributed by atoms with Gasteiger partial charge < -0.3 is 23.9 Å². The van der Waals surface area contributed by atoms with Crippen molar-refractivity contribution in [2.24, 2.45) is 0 Å². The first-order valence-corrected chi connectivity index (χ1v) is 20.6. The van der Waals surface area contributed by atoms with Crippen LogP contribution in [0.25, 0.3) is 10.8 Å². The molecule has 2 aliphatic rings. The Morgan fingerprint density at radius 2 is 1.74 bits per heavy atom. The van der Waals surface area contributed by atoms with Gasteiger partial charge in [0.15, 0.2) is 14.0 Å². The molecule has 0 atom stereocenters. The summed E-state index contributed by atoms with van der Waals surface area (Å²) < 4.78 is 18.3. The second kappa shape index (κ2) is 15.0. The minimum atomic E-state index is -2.02. The summed E-state index contributed by atoms with van der Waals surface area (Å²) in [5.74, 6) is 0.0602. The van der Waals surface area contributed by atoms with Gasteiger partial charge in [0.25, 0.3) is 11.8 Å². The molecular weight excluding hydrogens is 607 g/mol. The summed E-state index contributed by atoms with van der Waals surface area (Å²) >= 11 is 0. The van der Waals surface area contributed by atoms with Gasteiger partial charge in [0, 0.05) is 37.6 Å². The topological polar surface area (TPSA) is 94.0 Å². The first kappa shape index (κ1) is 35.3. The van der Waals surface area contributed by atoms with Gasteiger partial charge in [-0.3, -0.25) is 4.79 Å². The van der Waals surface area contributed by atoms with E-state index >= 15 is 0 Å². The molecule has 2 heterocycles. The van der Waals surface area contributed by atoms with E-state index in [4.69, 9.17) is 18.9 Å². The van der Waals surface area contributed by atoms with Crippen molar-refractivity contribution < 1.29 is 23.8 Å². The minimum Gasteiger partial charge on any atom is -0.491 e. The fraction of sp³-hybridized carbons (Fsp3) is 0.605. The molecule has 2 fully saturated rings. The molecule has 1 saturated carbocycles. The Morgan fingerprint density at radius 1 is 1.04 bits per heavy atom. The highest BCUT2D eigenvalue weighted by atomic mass is 28.4. The lowest BCUT2D eigenvalue weighted by Crippen LogP contribution is -2.48. The molecule has 5 rings (SSSR count). The van der Waals surface area contributed by atoms with E-state index in [2.05, 4.69) is 88.2 Å². The van der Waals surface area contributed by atoms with E-state index in [1.807, 2.05) is 4.90 Å². The van der Waals surface area contributed by atoms with Crippen LogP contribution in [0, 0.1) is 0 Å². The van der Waals surface area contributed by atoms with Crippen LogP contribution in [0.5, 0.6) is 11.6 Å². The summed E-state index contributed by atoms with van der Waals surface area (Å²) in [5, 5.41) is 13.9. The van der Waals surface area contributed by atoms with Crippen molar-refractivity contribution in [3.63, 3.8) is 0 Å². The van der Waals surface area contributed by atoms with E-state index in [0.29, 0.717) is 45.2 Å². The number of aromatic hydroxyl groups is 1. The van der Waals surface area contributed by atoms with Crippen molar-refractivity contribution in [2.75, 3.05) is 33.0 Å². The minimum absolute atomic E-state index is 0.0137. The summed E-state index contributed by atoms with van der Waals surface area (Å²) in [6.45, 7) is 15.7. The SMILES string of the molecule is CCCCOc1c(O)nc(CC2(c3cccc4ccccc34)CCCC2)nc1C(=O)N(CCO[Si](C)(C)C(C)(C)C)C1CCOCC1. The maximum Gasteiger partial charge on any atom is 0.276 e. The number of hydrogen-bond donors (Lipinski definition) is 1. The number of amides is 1. The second-order valence-corrected chi connectivity index (χ2v) is 19.8. The molecule has 1 aliphatic heterocycles. The van der Waals surface area contributed by atoms with Crippen LogP contribution in [0.1, 0.15) is 101 Å². The summed E-state index contributed by atoms with van der Waals surface area (Å²) in [5.41, 5.74) is 1.25. The van der Waals surface area contributed by atoms with Gasteiger partial charge in [-0.25, -0.2) is 4.98 Å². The maximum absolute atomic E-state index is 14.7. The lowest BCUT2D eigenvalue weighted by atomic mass is 9.74. The normalized spacial score (nSPS) is 17.2. The Labute approximate surface area is 282 Å². The highest BCUT2D eigenvalue weighted by molar-refractivity contribution is 6.74. The van der Waals surface area contributed by atoms with E-state index in [1.54, 1.807) is 0 Å². The zero-order valence-electron chi connectivity index (χ0n) is 29.4. The van der Waals surface area contributed by atoms with Crippen molar-refractivity contribution in [3.05, 3.63) is 59.5 Å². The van der Waals surface area contributed by atoms with Crippen molar-refractivity contribution in [1.82, 2.24) is 14.9 Å².